The van der Waals surface area contributed by atoms with Gasteiger partial charge >= 0.3 is 12.1 Å². The van der Waals surface area contributed by atoms with Crippen molar-refractivity contribution in [1.29, 1.82) is 0 Å². The van der Waals surface area contributed by atoms with E-state index in [0.717, 1.165) is 69.9 Å². The largest absolute Gasteiger partial charge is 0.492 e. The molecule has 0 saturated carbocycles. The van der Waals surface area contributed by atoms with Gasteiger partial charge in [-0.2, -0.15) is 0 Å². The highest BCUT2D eigenvalue weighted by atomic mass is 35.5. The van der Waals surface area contributed by atoms with Gasteiger partial charge in [-0.05, 0) is 103 Å². The third-order valence-electron chi connectivity index (χ3n) is 9.01. The molecule has 2 aliphatic heterocycles. The van der Waals surface area contributed by atoms with E-state index in [0.29, 0.717) is 45.8 Å². The van der Waals surface area contributed by atoms with Crippen molar-refractivity contribution in [2.75, 3.05) is 78.7 Å². The van der Waals surface area contributed by atoms with Crippen LogP contribution < -0.4 is 30.9 Å². The molecule has 4 N–H and O–H groups in total. The van der Waals surface area contributed by atoms with Crippen molar-refractivity contribution < 1.29 is 23.5 Å². The number of benzene rings is 4. The summed E-state index contributed by atoms with van der Waals surface area (Å²) in [5, 5.41) is 11.6. The second-order valence-electron chi connectivity index (χ2n) is 13.0. The van der Waals surface area contributed by atoms with Crippen LogP contribution in [-0.4, -0.2) is 74.5 Å². The van der Waals surface area contributed by atoms with Crippen molar-refractivity contribution in [3.8, 4) is 16.9 Å². The predicted octanol–water partition coefficient (Wildman–Crippen LogP) is 9.22. The molecule has 13 heteroatoms. The van der Waals surface area contributed by atoms with E-state index in [1.807, 2.05) is 48.5 Å². The summed E-state index contributed by atoms with van der Waals surface area (Å²) >= 11 is 5.81. The van der Waals surface area contributed by atoms with Gasteiger partial charge in [-0.1, -0.05) is 35.9 Å². The van der Waals surface area contributed by atoms with E-state index in [1.54, 1.807) is 60.9 Å². The molecule has 0 radical (unpaired) electrons. The molecule has 3 heterocycles. The lowest BCUT2D eigenvalue weighted by Gasteiger charge is -2.29. The number of halogens is 2. The summed E-state index contributed by atoms with van der Waals surface area (Å²) in [6.45, 7) is 6.51. The van der Waals surface area contributed by atoms with Crippen LogP contribution in [0.15, 0.2) is 116 Å². The highest BCUT2D eigenvalue weighted by Gasteiger charge is 2.16. The Bertz CT molecular complexity index is 1980. The number of amides is 4. The summed E-state index contributed by atoms with van der Waals surface area (Å²) < 4.78 is 25.8. The maximum atomic E-state index is 14.6. The van der Waals surface area contributed by atoms with Crippen LogP contribution in [0, 0.1) is 5.82 Å². The molecule has 0 spiro atoms. The van der Waals surface area contributed by atoms with Gasteiger partial charge in [-0.15, -0.1) is 0 Å². The Kier molecular flexibility index (Phi) is 14.3. The van der Waals surface area contributed by atoms with Crippen molar-refractivity contribution in [2.45, 2.75) is 19.3 Å². The molecule has 11 nitrogen and oxygen atoms in total. The van der Waals surface area contributed by atoms with E-state index in [4.69, 9.17) is 21.1 Å². The molecule has 5 aromatic rings. The van der Waals surface area contributed by atoms with E-state index >= 15 is 0 Å². The lowest BCUT2D eigenvalue weighted by Crippen LogP contribution is -2.38. The molecule has 7 rings (SSSR count). The van der Waals surface area contributed by atoms with E-state index in [-0.39, 0.29) is 11.8 Å². The van der Waals surface area contributed by atoms with Crippen LogP contribution in [0.4, 0.5) is 42.4 Å². The minimum atomic E-state index is -0.430. The molecule has 0 aliphatic carbocycles. The quantitative estimate of drug-likeness (QED) is 0.112. The van der Waals surface area contributed by atoms with Crippen molar-refractivity contribution in [3.05, 3.63) is 126 Å². The number of anilines is 5. The number of aromatic nitrogens is 1. The van der Waals surface area contributed by atoms with Crippen LogP contribution in [0.1, 0.15) is 19.3 Å². The lowest BCUT2D eigenvalue weighted by atomic mass is 10.1. The predicted molar refractivity (Wildman–Crippen MR) is 218 cm³/mol. The van der Waals surface area contributed by atoms with Crippen molar-refractivity contribution in [1.82, 2.24) is 9.88 Å². The minimum Gasteiger partial charge on any atom is -0.492 e. The first kappa shape index (κ1) is 39.0. The maximum Gasteiger partial charge on any atom is 0.323 e. The fourth-order valence-corrected chi connectivity index (χ4v) is 6.28. The van der Waals surface area contributed by atoms with E-state index in [1.165, 1.54) is 12.5 Å². The van der Waals surface area contributed by atoms with E-state index in [2.05, 4.69) is 36.1 Å². The Balaban J connectivity index is 0.000000197. The first-order valence-electron chi connectivity index (χ1n) is 18.4. The minimum absolute atomic E-state index is 0.304. The van der Waals surface area contributed by atoms with Gasteiger partial charge in [0.05, 0.1) is 18.9 Å². The maximum absolute atomic E-state index is 14.6. The van der Waals surface area contributed by atoms with Gasteiger partial charge in [-0.25, -0.2) is 14.0 Å². The van der Waals surface area contributed by atoms with Crippen molar-refractivity contribution >= 4 is 52.1 Å². The second-order valence-corrected chi connectivity index (χ2v) is 13.5. The fourth-order valence-electron chi connectivity index (χ4n) is 6.16. The van der Waals surface area contributed by atoms with Crippen LogP contribution in [-0.2, 0) is 4.74 Å². The highest BCUT2D eigenvalue weighted by molar-refractivity contribution is 6.30. The van der Waals surface area contributed by atoms with Gasteiger partial charge in [0.25, 0.3) is 0 Å². The average molecular weight is 766 g/mol. The van der Waals surface area contributed by atoms with E-state index < -0.39 is 6.03 Å². The number of carbonyl (C=O) groups excluding carboxylic acids is 2. The number of carbonyl (C=O) groups is 2. The van der Waals surface area contributed by atoms with Gasteiger partial charge in [0.1, 0.15) is 18.2 Å². The summed E-state index contributed by atoms with van der Waals surface area (Å²) in [5.41, 5.74) is 5.09. The summed E-state index contributed by atoms with van der Waals surface area (Å²) in [6.07, 6.45) is 6.89. The number of rotatable bonds is 10. The molecule has 55 heavy (non-hydrogen) atoms. The number of morpholine rings is 1. The Labute approximate surface area is 325 Å². The third kappa shape index (κ3) is 12.4. The molecule has 1 aromatic heterocycles. The second kappa shape index (κ2) is 20.1. The number of nitrogens with zero attached hydrogens (tertiary/aromatic N) is 3. The van der Waals surface area contributed by atoms with Crippen LogP contribution in [0.2, 0.25) is 5.02 Å². The average Bonchev–Trinajstić information content (AvgIpc) is 3.20. The van der Waals surface area contributed by atoms with Crippen molar-refractivity contribution in [2.24, 2.45) is 0 Å². The van der Waals surface area contributed by atoms with Crippen LogP contribution in [0.25, 0.3) is 11.1 Å². The molecule has 4 amide bonds. The molecule has 2 saturated heterocycles. The molecule has 0 atom stereocenters. The summed E-state index contributed by atoms with van der Waals surface area (Å²) in [7, 11) is 0. The normalized spacial score (nSPS) is 14.2. The van der Waals surface area contributed by atoms with Crippen LogP contribution >= 0.6 is 11.6 Å². The summed E-state index contributed by atoms with van der Waals surface area (Å²) in [4.78, 5) is 32.8. The molecule has 286 valence electrons. The fraction of sp³-hybridized carbons (Fsp3) is 0.262. The molecule has 2 fully saturated rings. The number of piperidine rings is 1. The van der Waals surface area contributed by atoms with Crippen LogP contribution in [0.5, 0.6) is 5.75 Å². The Morgan fingerprint density at radius 1 is 0.709 bits per heavy atom. The zero-order valence-corrected chi connectivity index (χ0v) is 31.2. The van der Waals surface area contributed by atoms with Gasteiger partial charge in [-0.3, -0.25) is 9.88 Å². The SMILES string of the molecule is O=C(Nc1ccc(Cl)cc1)Nc1ccc(-c2cccnc2)cc1.O=C(Nc1cccc(OCCN2CCOCC2)c1)Nc1ccc(N2CCCCC2)c(F)c1. The number of ether oxygens (including phenoxy) is 2. The monoisotopic (exact) mass is 765 g/mol. The number of nitrogens with one attached hydrogen (secondary N) is 4. The first-order chi connectivity index (χ1) is 26.9. The lowest BCUT2D eigenvalue weighted by molar-refractivity contribution is 0.0322. The Morgan fingerprint density at radius 2 is 1.35 bits per heavy atom. The summed E-state index contributed by atoms with van der Waals surface area (Å²) in [5.74, 6) is 0.369. The summed E-state index contributed by atoms with van der Waals surface area (Å²) in [6, 6.07) is 29.7. The van der Waals surface area contributed by atoms with Crippen molar-refractivity contribution in [3.63, 3.8) is 0 Å². The number of hydrogen-bond acceptors (Lipinski definition) is 7. The number of urea groups is 2. The molecule has 0 unspecified atom stereocenters. The number of pyridine rings is 1. The standard InChI is InChI=1S/C24H31FN4O3.C18H14ClN3O/c25-22-18-20(7-8-23(22)29-9-2-1-3-10-29)27-24(30)26-19-5-4-6-21(17-19)32-16-13-28-11-14-31-15-12-28;19-15-5-9-17(10-6-15)22-18(23)21-16-7-3-13(4-8-16)14-2-1-11-20-12-14/h4-8,17-18H,1-3,9-16H2,(H2,26,27,30);1-12H,(H2,21,22,23). The topological polar surface area (TPSA) is 120 Å². The highest BCUT2D eigenvalue weighted by Crippen LogP contribution is 2.26. The van der Waals surface area contributed by atoms with Gasteiger partial charge in [0.15, 0.2) is 0 Å². The van der Waals surface area contributed by atoms with Crippen LogP contribution in [0.3, 0.4) is 0 Å². The smallest absolute Gasteiger partial charge is 0.323 e. The van der Waals surface area contributed by atoms with Gasteiger partial charge < -0.3 is 35.6 Å². The number of hydrogen-bond donors (Lipinski definition) is 4. The molecule has 2 aliphatic rings. The zero-order chi connectivity index (χ0) is 38.2. The molecule has 4 aromatic carbocycles. The molecular weight excluding hydrogens is 721 g/mol. The van der Waals surface area contributed by atoms with E-state index in [9.17, 15) is 14.0 Å². The van der Waals surface area contributed by atoms with Gasteiger partial charge in [0, 0.05) is 79.0 Å². The Morgan fingerprint density at radius 3 is 2.00 bits per heavy atom. The zero-order valence-electron chi connectivity index (χ0n) is 30.5. The first-order valence-corrected chi connectivity index (χ1v) is 18.8. The Hall–Kier alpha value is -5.69. The molecular formula is C42H45ClFN7O4. The van der Waals surface area contributed by atoms with Gasteiger partial charge in [0.2, 0.25) is 0 Å². The third-order valence-corrected chi connectivity index (χ3v) is 9.27. The molecule has 0 bridgehead atoms.